The van der Waals surface area contributed by atoms with Crippen molar-refractivity contribution in [3.63, 3.8) is 0 Å². The van der Waals surface area contributed by atoms with Gasteiger partial charge in [-0.25, -0.2) is 8.42 Å². The van der Waals surface area contributed by atoms with E-state index in [0.717, 1.165) is 0 Å². The number of nitrogens with zero attached hydrogens (tertiary/aromatic N) is 1. The van der Waals surface area contributed by atoms with Crippen LogP contribution < -0.4 is 5.32 Å². The monoisotopic (exact) mass is 408 g/mol. The zero-order valence-electron chi connectivity index (χ0n) is 13.5. The van der Waals surface area contributed by atoms with E-state index in [2.05, 4.69) is 5.32 Å². The van der Waals surface area contributed by atoms with Gasteiger partial charge in [-0.1, -0.05) is 29.3 Å². The van der Waals surface area contributed by atoms with Crippen molar-refractivity contribution in [1.82, 2.24) is 4.90 Å². The lowest BCUT2D eigenvalue weighted by Gasteiger charge is -2.27. The van der Waals surface area contributed by atoms with E-state index in [1.165, 1.54) is 18.1 Å². The number of halogens is 2. The molecule has 138 valence electrons. The van der Waals surface area contributed by atoms with Crippen molar-refractivity contribution in [3.05, 3.63) is 28.2 Å². The van der Waals surface area contributed by atoms with Crippen molar-refractivity contribution in [2.45, 2.75) is 12.5 Å². The zero-order chi connectivity index (χ0) is 18.6. The molecule has 1 saturated heterocycles. The van der Waals surface area contributed by atoms with E-state index in [1.807, 2.05) is 0 Å². The number of carbonyl (C=O) groups excluding carboxylic acids is 2. The van der Waals surface area contributed by atoms with Crippen LogP contribution in [0.15, 0.2) is 18.2 Å². The zero-order valence-corrected chi connectivity index (χ0v) is 15.8. The first-order valence-corrected chi connectivity index (χ1v) is 10.1. The maximum Gasteiger partial charge on any atom is 0.313 e. The van der Waals surface area contributed by atoms with Crippen LogP contribution in [0.5, 0.6) is 0 Å². The first kappa shape index (κ1) is 20.0. The second-order valence-electron chi connectivity index (χ2n) is 5.60. The highest BCUT2D eigenvalue weighted by molar-refractivity contribution is 7.91. The van der Waals surface area contributed by atoms with Gasteiger partial charge in [-0.3, -0.25) is 9.59 Å². The molecule has 0 aromatic heterocycles. The van der Waals surface area contributed by atoms with Gasteiger partial charge in [-0.05, 0) is 18.6 Å². The second-order valence-corrected chi connectivity index (χ2v) is 8.62. The number of carbonyl (C=O) groups is 2. The molecule has 2 rings (SSSR count). The molecule has 0 spiro atoms. The summed E-state index contributed by atoms with van der Waals surface area (Å²) in [4.78, 5) is 26.1. The van der Waals surface area contributed by atoms with E-state index in [9.17, 15) is 18.0 Å². The summed E-state index contributed by atoms with van der Waals surface area (Å²) in [5.74, 6) is -1.91. The van der Waals surface area contributed by atoms with Gasteiger partial charge in [0.1, 0.15) is 0 Å². The van der Waals surface area contributed by atoms with Gasteiger partial charge in [-0.15, -0.1) is 0 Å². The summed E-state index contributed by atoms with van der Waals surface area (Å²) in [6.45, 7) is 0.305. The van der Waals surface area contributed by atoms with Crippen LogP contribution in [0.1, 0.15) is 6.42 Å². The van der Waals surface area contributed by atoms with Crippen molar-refractivity contribution in [2.24, 2.45) is 0 Å². The molecule has 0 radical (unpaired) electrons. The van der Waals surface area contributed by atoms with Gasteiger partial charge >= 0.3 is 11.8 Å². The number of anilines is 1. The molecule has 0 saturated carbocycles. The van der Waals surface area contributed by atoms with Gasteiger partial charge in [0.15, 0.2) is 9.84 Å². The molecular weight excluding hydrogens is 391 g/mol. The molecule has 1 unspecified atom stereocenters. The molecule has 1 aromatic carbocycles. The van der Waals surface area contributed by atoms with E-state index in [0.29, 0.717) is 6.42 Å². The van der Waals surface area contributed by atoms with Crippen LogP contribution in [0.4, 0.5) is 5.69 Å². The van der Waals surface area contributed by atoms with Gasteiger partial charge in [-0.2, -0.15) is 0 Å². The van der Waals surface area contributed by atoms with Crippen molar-refractivity contribution in [2.75, 3.05) is 37.1 Å². The predicted octanol–water partition coefficient (Wildman–Crippen LogP) is 1.59. The molecule has 1 heterocycles. The van der Waals surface area contributed by atoms with Crippen LogP contribution in [0, 0.1) is 0 Å². The molecule has 1 N–H and O–H groups in total. The Kier molecular flexibility index (Phi) is 6.67. The summed E-state index contributed by atoms with van der Waals surface area (Å²) < 4.78 is 28.3. The lowest BCUT2D eigenvalue weighted by Crippen LogP contribution is -2.48. The van der Waals surface area contributed by atoms with E-state index < -0.39 is 27.7 Å². The average molecular weight is 409 g/mol. The van der Waals surface area contributed by atoms with Crippen LogP contribution in [0.25, 0.3) is 0 Å². The fraction of sp³-hybridized carbons (Fsp3) is 0.467. The molecule has 1 aromatic rings. The lowest BCUT2D eigenvalue weighted by molar-refractivity contribution is -0.144. The SMILES string of the molecule is COCCN(C(=O)C(=O)Nc1cccc(Cl)c1Cl)C1CCS(=O)(=O)C1. The Hall–Kier alpha value is -1.35. The first-order valence-electron chi connectivity index (χ1n) is 7.50. The molecular formula is C15H18Cl2N2O5S. The number of nitrogens with one attached hydrogen (secondary N) is 1. The number of amides is 2. The number of rotatable bonds is 5. The van der Waals surface area contributed by atoms with Crippen molar-refractivity contribution in [3.8, 4) is 0 Å². The van der Waals surface area contributed by atoms with Crippen molar-refractivity contribution < 1.29 is 22.7 Å². The number of methoxy groups -OCH3 is 1. The van der Waals surface area contributed by atoms with Gasteiger partial charge in [0.25, 0.3) is 0 Å². The van der Waals surface area contributed by atoms with Crippen LogP contribution in [0.2, 0.25) is 10.0 Å². The van der Waals surface area contributed by atoms with E-state index >= 15 is 0 Å². The number of benzene rings is 1. The van der Waals surface area contributed by atoms with E-state index in [-0.39, 0.29) is 40.4 Å². The molecule has 0 aliphatic carbocycles. The van der Waals surface area contributed by atoms with Gasteiger partial charge in [0.2, 0.25) is 0 Å². The quantitative estimate of drug-likeness (QED) is 0.746. The van der Waals surface area contributed by atoms with Gasteiger partial charge < -0.3 is 15.0 Å². The number of sulfone groups is 1. The maximum atomic E-state index is 12.5. The molecule has 1 aliphatic heterocycles. The Bertz CT molecular complexity index is 769. The lowest BCUT2D eigenvalue weighted by atomic mass is 10.2. The summed E-state index contributed by atoms with van der Waals surface area (Å²) in [5, 5.41) is 2.78. The molecule has 1 atom stereocenters. The minimum atomic E-state index is -3.20. The number of hydrogen-bond acceptors (Lipinski definition) is 5. The fourth-order valence-electron chi connectivity index (χ4n) is 2.57. The first-order chi connectivity index (χ1) is 11.7. The molecule has 7 nitrogen and oxygen atoms in total. The molecule has 2 amide bonds. The summed E-state index contributed by atoms with van der Waals surface area (Å²) in [5.41, 5.74) is 0.207. The Morgan fingerprint density at radius 1 is 1.36 bits per heavy atom. The van der Waals surface area contributed by atoms with Crippen molar-refractivity contribution >= 4 is 50.5 Å². The minimum Gasteiger partial charge on any atom is -0.383 e. The van der Waals surface area contributed by atoms with Crippen LogP contribution >= 0.6 is 23.2 Å². The highest BCUT2D eigenvalue weighted by atomic mass is 35.5. The molecule has 0 bridgehead atoms. The minimum absolute atomic E-state index is 0.00380. The van der Waals surface area contributed by atoms with E-state index in [4.69, 9.17) is 27.9 Å². The third-order valence-electron chi connectivity index (χ3n) is 3.84. The van der Waals surface area contributed by atoms with Crippen molar-refractivity contribution in [1.29, 1.82) is 0 Å². The molecule has 1 fully saturated rings. The number of ether oxygens (including phenoxy) is 1. The standard InChI is InChI=1S/C15H18Cl2N2O5S/c1-24-7-6-19(10-5-8-25(22,23)9-10)15(21)14(20)18-12-4-2-3-11(16)13(12)17/h2-4,10H,5-9H2,1H3,(H,18,20). The third kappa shape index (κ3) is 5.07. The Balaban J connectivity index is 2.15. The van der Waals surface area contributed by atoms with Crippen LogP contribution in [-0.4, -0.2) is 62.9 Å². The summed E-state index contributed by atoms with van der Waals surface area (Å²) >= 11 is 11.9. The van der Waals surface area contributed by atoms with Gasteiger partial charge in [0, 0.05) is 19.7 Å². The highest BCUT2D eigenvalue weighted by Crippen LogP contribution is 2.29. The summed E-state index contributed by atoms with van der Waals surface area (Å²) in [6, 6.07) is 4.10. The highest BCUT2D eigenvalue weighted by Gasteiger charge is 2.36. The Labute approximate surface area is 156 Å². The fourth-order valence-corrected chi connectivity index (χ4v) is 4.65. The normalized spacial score (nSPS) is 18.8. The Morgan fingerprint density at radius 3 is 2.68 bits per heavy atom. The Morgan fingerprint density at radius 2 is 2.08 bits per heavy atom. The molecule has 10 heteroatoms. The van der Waals surface area contributed by atoms with Crippen LogP contribution in [0.3, 0.4) is 0 Å². The maximum absolute atomic E-state index is 12.5. The predicted molar refractivity (Wildman–Crippen MR) is 95.7 cm³/mol. The smallest absolute Gasteiger partial charge is 0.313 e. The third-order valence-corrected chi connectivity index (χ3v) is 6.41. The average Bonchev–Trinajstić information content (AvgIpc) is 2.91. The molecule has 1 aliphatic rings. The van der Waals surface area contributed by atoms with Gasteiger partial charge in [0.05, 0.1) is 33.8 Å². The largest absolute Gasteiger partial charge is 0.383 e. The topological polar surface area (TPSA) is 92.8 Å². The molecule has 25 heavy (non-hydrogen) atoms. The summed E-state index contributed by atoms with van der Waals surface area (Å²) in [6.07, 6.45) is 0.295. The van der Waals surface area contributed by atoms with E-state index in [1.54, 1.807) is 12.1 Å². The van der Waals surface area contributed by atoms with Crippen LogP contribution in [-0.2, 0) is 24.2 Å². The number of hydrogen-bond donors (Lipinski definition) is 1. The second kappa shape index (κ2) is 8.35. The summed E-state index contributed by atoms with van der Waals surface area (Å²) in [7, 11) is -1.74.